The smallest absolute Gasteiger partial charge is 0.161 e. The lowest BCUT2D eigenvalue weighted by molar-refractivity contribution is 0.405. The predicted molar refractivity (Wildman–Crippen MR) is 69.9 cm³/mol. The van der Waals surface area contributed by atoms with Crippen molar-refractivity contribution in [1.29, 1.82) is 0 Å². The van der Waals surface area contributed by atoms with Gasteiger partial charge in [0.25, 0.3) is 0 Å². The summed E-state index contributed by atoms with van der Waals surface area (Å²) in [6.45, 7) is 0. The Morgan fingerprint density at radius 1 is 1.50 bits per heavy atom. The summed E-state index contributed by atoms with van der Waals surface area (Å²) < 4.78 is 21.4. The van der Waals surface area contributed by atoms with E-state index in [1.165, 1.54) is 13.2 Å². The zero-order valence-corrected chi connectivity index (χ0v) is 11.6. The molecule has 2 aromatic rings. The van der Waals surface area contributed by atoms with Gasteiger partial charge in [0.15, 0.2) is 5.75 Å². The third-order valence-electron chi connectivity index (χ3n) is 2.76. The number of aryl methyl sites for hydroxylation is 1. The van der Waals surface area contributed by atoms with Crippen molar-refractivity contribution in [1.82, 2.24) is 9.78 Å². The van der Waals surface area contributed by atoms with E-state index < -0.39 is 6.04 Å². The molecule has 4 nitrogen and oxygen atoms in total. The maximum Gasteiger partial charge on any atom is 0.161 e. The van der Waals surface area contributed by atoms with Gasteiger partial charge in [-0.15, -0.1) is 0 Å². The molecule has 2 rings (SSSR count). The van der Waals surface area contributed by atoms with E-state index in [1.54, 1.807) is 30.1 Å². The van der Waals surface area contributed by atoms with Crippen LogP contribution in [-0.4, -0.2) is 16.9 Å². The molecule has 2 N–H and O–H groups in total. The Kier molecular flexibility index (Phi) is 3.68. The number of nitrogens with two attached hydrogens (primary N) is 1. The normalized spacial score (nSPS) is 12.5. The van der Waals surface area contributed by atoms with Crippen molar-refractivity contribution < 1.29 is 9.13 Å². The van der Waals surface area contributed by atoms with Gasteiger partial charge in [-0.25, -0.2) is 4.39 Å². The van der Waals surface area contributed by atoms with Gasteiger partial charge in [0.2, 0.25) is 0 Å². The number of nitrogens with zero attached hydrogens (tertiary/aromatic N) is 2. The minimum absolute atomic E-state index is 0.353. The van der Waals surface area contributed by atoms with E-state index in [1.807, 2.05) is 0 Å². The molecular formula is C12H13BrFN3O. The van der Waals surface area contributed by atoms with E-state index in [4.69, 9.17) is 10.5 Å². The Morgan fingerprint density at radius 2 is 2.22 bits per heavy atom. The first-order valence-corrected chi connectivity index (χ1v) is 6.10. The average Bonchev–Trinajstić information content (AvgIpc) is 2.72. The number of benzene rings is 1. The van der Waals surface area contributed by atoms with Gasteiger partial charge in [0.05, 0.1) is 19.3 Å². The first-order valence-electron chi connectivity index (χ1n) is 5.31. The molecule has 1 atom stereocenters. The first-order chi connectivity index (χ1) is 8.54. The fourth-order valence-corrected chi connectivity index (χ4v) is 2.22. The van der Waals surface area contributed by atoms with Crippen molar-refractivity contribution in [3.63, 3.8) is 0 Å². The van der Waals surface area contributed by atoms with Gasteiger partial charge >= 0.3 is 0 Å². The van der Waals surface area contributed by atoms with Crippen LogP contribution in [0.15, 0.2) is 28.9 Å². The Labute approximate surface area is 113 Å². The van der Waals surface area contributed by atoms with Crippen LogP contribution in [0.3, 0.4) is 0 Å². The van der Waals surface area contributed by atoms with Crippen LogP contribution in [0.1, 0.15) is 17.3 Å². The lowest BCUT2D eigenvalue weighted by atomic mass is 10.0. The van der Waals surface area contributed by atoms with E-state index >= 15 is 0 Å². The van der Waals surface area contributed by atoms with Crippen LogP contribution >= 0.6 is 15.9 Å². The summed E-state index contributed by atoms with van der Waals surface area (Å²) in [4.78, 5) is 0. The Balaban J connectivity index is 2.50. The molecule has 18 heavy (non-hydrogen) atoms. The minimum Gasteiger partial charge on any atom is -0.493 e. The van der Waals surface area contributed by atoms with E-state index in [0.717, 1.165) is 4.47 Å². The van der Waals surface area contributed by atoms with E-state index in [-0.39, 0.29) is 5.82 Å². The van der Waals surface area contributed by atoms with Crippen molar-refractivity contribution in [2.45, 2.75) is 6.04 Å². The quantitative estimate of drug-likeness (QED) is 0.946. The average molecular weight is 314 g/mol. The first kappa shape index (κ1) is 13.0. The van der Waals surface area contributed by atoms with E-state index in [9.17, 15) is 4.39 Å². The highest BCUT2D eigenvalue weighted by Crippen LogP contribution is 2.30. The van der Waals surface area contributed by atoms with Crippen molar-refractivity contribution in [3.8, 4) is 5.75 Å². The van der Waals surface area contributed by atoms with Gasteiger partial charge in [0, 0.05) is 17.1 Å². The molecule has 0 bridgehead atoms. The molecule has 0 spiro atoms. The Morgan fingerprint density at radius 3 is 2.89 bits per heavy atom. The fraction of sp³-hybridized carbons (Fsp3) is 0.250. The van der Waals surface area contributed by atoms with Crippen LogP contribution in [0.2, 0.25) is 0 Å². The lowest BCUT2D eigenvalue weighted by Crippen LogP contribution is -2.18. The highest BCUT2D eigenvalue weighted by molar-refractivity contribution is 9.10. The summed E-state index contributed by atoms with van der Waals surface area (Å²) in [6, 6.07) is 4.03. The van der Waals surface area contributed by atoms with Crippen LogP contribution < -0.4 is 10.5 Å². The summed E-state index contributed by atoms with van der Waals surface area (Å²) in [5.41, 5.74) is 7.13. The molecule has 6 heteroatoms. The molecule has 0 amide bonds. The third kappa shape index (κ3) is 2.26. The molecule has 1 heterocycles. The number of aromatic nitrogens is 2. The molecule has 0 saturated carbocycles. The summed E-state index contributed by atoms with van der Waals surface area (Å²) in [7, 11) is 3.28. The molecule has 0 aliphatic carbocycles. The van der Waals surface area contributed by atoms with Crippen molar-refractivity contribution in [3.05, 3.63) is 45.9 Å². The molecule has 0 aliphatic rings. The number of rotatable bonds is 3. The predicted octanol–water partition coefficient (Wildman–Crippen LogP) is 2.38. The summed E-state index contributed by atoms with van der Waals surface area (Å²) >= 11 is 3.31. The molecule has 0 radical (unpaired) electrons. The zero-order chi connectivity index (χ0) is 13.3. The van der Waals surface area contributed by atoms with Crippen LogP contribution in [0, 0.1) is 5.82 Å². The van der Waals surface area contributed by atoms with Gasteiger partial charge < -0.3 is 10.5 Å². The highest BCUT2D eigenvalue weighted by atomic mass is 79.9. The lowest BCUT2D eigenvalue weighted by Gasteiger charge is -2.15. The number of ether oxygens (including phenoxy) is 1. The van der Waals surface area contributed by atoms with Crippen molar-refractivity contribution in [2.24, 2.45) is 12.8 Å². The molecular weight excluding hydrogens is 301 g/mol. The van der Waals surface area contributed by atoms with Gasteiger partial charge in [-0.05, 0) is 18.2 Å². The molecule has 1 aromatic carbocycles. The van der Waals surface area contributed by atoms with Gasteiger partial charge in [-0.2, -0.15) is 5.10 Å². The maximum atomic E-state index is 13.8. The number of methoxy groups -OCH3 is 1. The second-order valence-corrected chi connectivity index (χ2v) is 4.78. The van der Waals surface area contributed by atoms with Crippen molar-refractivity contribution >= 4 is 15.9 Å². The topological polar surface area (TPSA) is 53.1 Å². The van der Waals surface area contributed by atoms with Gasteiger partial charge in [-0.3, -0.25) is 4.68 Å². The Bertz CT molecular complexity index is 570. The monoisotopic (exact) mass is 313 g/mol. The number of hydrogen-bond acceptors (Lipinski definition) is 3. The second kappa shape index (κ2) is 5.07. The van der Waals surface area contributed by atoms with Gasteiger partial charge in [-0.1, -0.05) is 15.9 Å². The second-order valence-electron chi connectivity index (χ2n) is 3.87. The number of hydrogen-bond donors (Lipinski definition) is 1. The zero-order valence-electron chi connectivity index (χ0n) is 10.0. The largest absolute Gasteiger partial charge is 0.493 e. The van der Waals surface area contributed by atoms with Crippen molar-refractivity contribution in [2.75, 3.05) is 7.11 Å². The minimum atomic E-state index is -0.634. The van der Waals surface area contributed by atoms with Crippen LogP contribution in [0.5, 0.6) is 5.75 Å². The van der Waals surface area contributed by atoms with Crippen LogP contribution in [-0.2, 0) is 7.05 Å². The molecule has 96 valence electrons. The number of halogens is 2. The SMILES string of the molecule is COc1cnn(C)c1C(N)c1cc(Br)ccc1F. The van der Waals surface area contributed by atoms with Crippen LogP contribution in [0.4, 0.5) is 4.39 Å². The van der Waals surface area contributed by atoms with E-state index in [2.05, 4.69) is 21.0 Å². The third-order valence-corrected chi connectivity index (χ3v) is 3.25. The van der Waals surface area contributed by atoms with E-state index in [0.29, 0.717) is 17.0 Å². The molecule has 0 fully saturated rings. The highest BCUT2D eigenvalue weighted by Gasteiger charge is 2.21. The summed E-state index contributed by atoms with van der Waals surface area (Å²) in [5.74, 6) is 0.193. The van der Waals surface area contributed by atoms with Crippen LogP contribution in [0.25, 0.3) is 0 Å². The fourth-order valence-electron chi connectivity index (χ4n) is 1.84. The standard InChI is InChI=1S/C12H13BrFN3O/c1-17-12(10(18-2)6-16-17)11(15)8-5-7(13)3-4-9(8)14/h3-6,11H,15H2,1-2H3. The summed E-state index contributed by atoms with van der Waals surface area (Å²) in [6.07, 6.45) is 1.56. The summed E-state index contributed by atoms with van der Waals surface area (Å²) in [5, 5.41) is 4.06. The van der Waals surface area contributed by atoms with Gasteiger partial charge in [0.1, 0.15) is 11.5 Å². The molecule has 0 saturated heterocycles. The molecule has 1 unspecified atom stereocenters. The molecule has 1 aromatic heterocycles. The Hall–Kier alpha value is -1.40. The molecule has 0 aliphatic heterocycles. The maximum absolute atomic E-state index is 13.8.